The molecule has 0 spiro atoms. The predicted octanol–water partition coefficient (Wildman–Crippen LogP) is 2.54. The SMILES string of the molecule is Cc1nn(C)c(C)c1[C@H]1OCC[C@@H]1NCc1ccc2c(c1)ncn2C. The lowest BCUT2D eigenvalue weighted by Crippen LogP contribution is -2.31. The van der Waals surface area contributed by atoms with Gasteiger partial charge in [-0.15, -0.1) is 0 Å². The zero-order chi connectivity index (χ0) is 17.6. The van der Waals surface area contributed by atoms with Gasteiger partial charge in [0.15, 0.2) is 0 Å². The number of imidazole rings is 1. The van der Waals surface area contributed by atoms with E-state index >= 15 is 0 Å². The Kier molecular flexibility index (Phi) is 4.09. The molecule has 1 aliphatic heterocycles. The number of fused-ring (bicyclic) bond motifs is 1. The summed E-state index contributed by atoms with van der Waals surface area (Å²) in [6.07, 6.45) is 2.95. The lowest BCUT2D eigenvalue weighted by Gasteiger charge is -2.21. The molecule has 0 unspecified atom stereocenters. The highest BCUT2D eigenvalue weighted by Gasteiger charge is 2.33. The quantitative estimate of drug-likeness (QED) is 0.794. The molecule has 2 aromatic heterocycles. The average Bonchev–Trinajstić information content (AvgIpc) is 3.25. The van der Waals surface area contributed by atoms with Crippen LogP contribution in [0.2, 0.25) is 0 Å². The van der Waals surface area contributed by atoms with Gasteiger partial charge in [-0.05, 0) is 38.0 Å². The number of aromatic nitrogens is 4. The van der Waals surface area contributed by atoms with Crippen molar-refractivity contribution in [3.05, 3.63) is 47.0 Å². The number of hydrogen-bond acceptors (Lipinski definition) is 4. The van der Waals surface area contributed by atoms with Crippen molar-refractivity contribution in [3.8, 4) is 0 Å². The van der Waals surface area contributed by atoms with Crippen LogP contribution in [0.5, 0.6) is 0 Å². The van der Waals surface area contributed by atoms with E-state index in [1.807, 2.05) is 29.7 Å². The van der Waals surface area contributed by atoms with E-state index in [1.54, 1.807) is 0 Å². The Bertz CT molecular complexity index is 910. The van der Waals surface area contributed by atoms with Crippen LogP contribution in [-0.2, 0) is 25.4 Å². The zero-order valence-corrected chi connectivity index (χ0v) is 15.3. The maximum absolute atomic E-state index is 6.06. The van der Waals surface area contributed by atoms with E-state index in [0.29, 0.717) is 6.04 Å². The average molecular weight is 339 g/mol. The van der Waals surface area contributed by atoms with E-state index < -0.39 is 0 Å². The summed E-state index contributed by atoms with van der Waals surface area (Å²) in [5.74, 6) is 0. The van der Waals surface area contributed by atoms with Crippen molar-refractivity contribution in [1.82, 2.24) is 24.6 Å². The Labute approximate surface area is 147 Å². The fourth-order valence-electron chi connectivity index (χ4n) is 3.83. The Morgan fingerprint density at radius 1 is 1.28 bits per heavy atom. The third-order valence-corrected chi connectivity index (χ3v) is 5.30. The molecule has 25 heavy (non-hydrogen) atoms. The van der Waals surface area contributed by atoms with Crippen LogP contribution in [0.25, 0.3) is 11.0 Å². The molecule has 0 radical (unpaired) electrons. The summed E-state index contributed by atoms with van der Waals surface area (Å²) in [6.45, 7) is 5.78. The number of benzene rings is 1. The molecule has 1 fully saturated rings. The molecule has 6 heteroatoms. The second-order valence-corrected chi connectivity index (χ2v) is 6.95. The number of nitrogens with zero attached hydrogens (tertiary/aromatic N) is 4. The molecule has 0 aliphatic carbocycles. The summed E-state index contributed by atoms with van der Waals surface area (Å²) in [5.41, 5.74) is 6.93. The minimum atomic E-state index is 0.0762. The maximum atomic E-state index is 6.06. The summed E-state index contributed by atoms with van der Waals surface area (Å²) >= 11 is 0. The number of aryl methyl sites for hydroxylation is 3. The second-order valence-electron chi connectivity index (χ2n) is 6.95. The van der Waals surface area contributed by atoms with E-state index in [-0.39, 0.29) is 6.10 Å². The molecule has 4 rings (SSSR count). The molecule has 0 saturated carbocycles. The van der Waals surface area contributed by atoms with Gasteiger partial charge in [-0.2, -0.15) is 5.10 Å². The molecule has 1 aliphatic rings. The molecule has 0 amide bonds. The fraction of sp³-hybridized carbons (Fsp3) is 0.474. The summed E-state index contributed by atoms with van der Waals surface area (Å²) < 4.78 is 10.0. The molecule has 3 aromatic rings. The summed E-state index contributed by atoms with van der Waals surface area (Å²) in [7, 11) is 4.01. The molecule has 132 valence electrons. The van der Waals surface area contributed by atoms with Crippen molar-refractivity contribution in [2.24, 2.45) is 14.1 Å². The normalized spacial score (nSPS) is 20.6. The molecule has 0 bridgehead atoms. The first kappa shape index (κ1) is 16.3. The molecule has 1 N–H and O–H groups in total. The van der Waals surface area contributed by atoms with Gasteiger partial charge in [-0.1, -0.05) is 6.07 Å². The smallest absolute Gasteiger partial charge is 0.101 e. The van der Waals surface area contributed by atoms with Crippen molar-refractivity contribution in [2.45, 2.75) is 39.0 Å². The minimum Gasteiger partial charge on any atom is -0.372 e. The van der Waals surface area contributed by atoms with Gasteiger partial charge in [0.2, 0.25) is 0 Å². The molecular formula is C19H25N5O. The molecule has 2 atom stereocenters. The van der Waals surface area contributed by atoms with E-state index in [4.69, 9.17) is 4.74 Å². The highest BCUT2D eigenvalue weighted by molar-refractivity contribution is 5.75. The minimum absolute atomic E-state index is 0.0762. The second kappa shape index (κ2) is 6.28. The van der Waals surface area contributed by atoms with Crippen molar-refractivity contribution >= 4 is 11.0 Å². The molecule has 6 nitrogen and oxygen atoms in total. The van der Waals surface area contributed by atoms with Crippen LogP contribution < -0.4 is 5.32 Å². The first-order valence-electron chi connectivity index (χ1n) is 8.79. The highest BCUT2D eigenvalue weighted by atomic mass is 16.5. The van der Waals surface area contributed by atoms with Crippen LogP contribution in [-0.4, -0.2) is 32.0 Å². The van der Waals surface area contributed by atoms with Crippen LogP contribution >= 0.6 is 0 Å². The van der Waals surface area contributed by atoms with Gasteiger partial charge in [0, 0.05) is 44.5 Å². The molecule has 1 saturated heterocycles. The third-order valence-electron chi connectivity index (χ3n) is 5.30. The lowest BCUT2D eigenvalue weighted by molar-refractivity contribution is 0.0974. The van der Waals surface area contributed by atoms with Crippen LogP contribution in [0.1, 0.15) is 35.0 Å². The number of rotatable bonds is 4. The van der Waals surface area contributed by atoms with Crippen LogP contribution in [0, 0.1) is 13.8 Å². The monoisotopic (exact) mass is 339 g/mol. The van der Waals surface area contributed by atoms with Gasteiger partial charge in [0.05, 0.1) is 23.1 Å². The van der Waals surface area contributed by atoms with Gasteiger partial charge in [0.25, 0.3) is 0 Å². The standard InChI is InChI=1S/C19H25N5O/c1-12-18(13(2)24(4)22-12)19-15(7-8-25-19)20-10-14-5-6-17-16(9-14)21-11-23(17)3/h5-6,9,11,15,19-20H,7-8,10H2,1-4H3/t15-,19-/m0/s1. The van der Waals surface area contributed by atoms with E-state index in [0.717, 1.165) is 36.3 Å². The maximum Gasteiger partial charge on any atom is 0.101 e. The third kappa shape index (κ3) is 2.85. The largest absolute Gasteiger partial charge is 0.372 e. The number of nitrogens with one attached hydrogen (secondary N) is 1. The van der Waals surface area contributed by atoms with Gasteiger partial charge < -0.3 is 14.6 Å². The van der Waals surface area contributed by atoms with Gasteiger partial charge in [-0.25, -0.2) is 4.98 Å². The van der Waals surface area contributed by atoms with E-state index in [2.05, 4.69) is 47.4 Å². The Morgan fingerprint density at radius 2 is 2.12 bits per heavy atom. The van der Waals surface area contributed by atoms with E-state index in [1.165, 1.54) is 16.8 Å². The summed E-state index contributed by atoms with van der Waals surface area (Å²) in [6, 6.07) is 6.77. The lowest BCUT2D eigenvalue weighted by atomic mass is 10.00. The van der Waals surface area contributed by atoms with Crippen LogP contribution in [0.15, 0.2) is 24.5 Å². The predicted molar refractivity (Wildman–Crippen MR) is 97.3 cm³/mol. The van der Waals surface area contributed by atoms with Crippen molar-refractivity contribution in [3.63, 3.8) is 0 Å². The highest BCUT2D eigenvalue weighted by Crippen LogP contribution is 2.33. The van der Waals surface area contributed by atoms with Crippen LogP contribution in [0.3, 0.4) is 0 Å². The Hall–Kier alpha value is -2.18. The van der Waals surface area contributed by atoms with Crippen molar-refractivity contribution < 1.29 is 4.74 Å². The molecule has 1 aromatic carbocycles. The van der Waals surface area contributed by atoms with E-state index in [9.17, 15) is 0 Å². The number of ether oxygens (including phenoxy) is 1. The van der Waals surface area contributed by atoms with Crippen molar-refractivity contribution in [2.75, 3.05) is 6.61 Å². The first-order chi connectivity index (χ1) is 12.0. The summed E-state index contributed by atoms with van der Waals surface area (Å²) in [4.78, 5) is 4.45. The number of hydrogen-bond donors (Lipinski definition) is 1. The summed E-state index contributed by atoms with van der Waals surface area (Å²) in [5, 5.41) is 8.23. The Balaban J connectivity index is 1.51. The van der Waals surface area contributed by atoms with Crippen LogP contribution in [0.4, 0.5) is 0 Å². The van der Waals surface area contributed by atoms with Gasteiger partial charge >= 0.3 is 0 Å². The Morgan fingerprint density at radius 3 is 2.88 bits per heavy atom. The molecular weight excluding hydrogens is 314 g/mol. The van der Waals surface area contributed by atoms with Gasteiger partial charge in [-0.3, -0.25) is 4.68 Å². The fourth-order valence-corrected chi connectivity index (χ4v) is 3.83. The first-order valence-corrected chi connectivity index (χ1v) is 8.79. The van der Waals surface area contributed by atoms with Crippen molar-refractivity contribution in [1.29, 1.82) is 0 Å². The zero-order valence-electron chi connectivity index (χ0n) is 15.3. The topological polar surface area (TPSA) is 56.9 Å². The molecule has 3 heterocycles. The van der Waals surface area contributed by atoms with Gasteiger partial charge in [0.1, 0.15) is 6.10 Å².